The zero-order valence-corrected chi connectivity index (χ0v) is 25.0. The van der Waals surface area contributed by atoms with Gasteiger partial charge in [-0.2, -0.15) is 8.42 Å². The number of rotatable bonds is 0. The third kappa shape index (κ3) is 5.93. The van der Waals surface area contributed by atoms with E-state index < -0.39 is 22.7 Å². The first-order valence-corrected chi connectivity index (χ1v) is 15.1. The van der Waals surface area contributed by atoms with Gasteiger partial charge in [0, 0.05) is 34.1 Å². The van der Waals surface area contributed by atoms with E-state index >= 15 is 0 Å². The molecule has 0 amide bonds. The molecule has 6 nitrogen and oxygen atoms in total. The first-order valence-electron chi connectivity index (χ1n) is 13.1. The van der Waals surface area contributed by atoms with Gasteiger partial charge in [-0.25, -0.2) is 0 Å². The first-order chi connectivity index (χ1) is 19.1. The lowest BCUT2D eigenvalue weighted by Crippen LogP contribution is -2.15. The molecule has 0 saturated heterocycles. The number of fused-ring (bicyclic) bond motifs is 4. The molecule has 2 aliphatic heterocycles. The normalized spacial score (nSPS) is 20.8. The summed E-state index contributed by atoms with van der Waals surface area (Å²) in [6.45, 7) is 12.4. The number of hydrogen-bond donors (Lipinski definition) is 0. The summed E-state index contributed by atoms with van der Waals surface area (Å²) < 4.78 is 45.4. The molecule has 4 aromatic carbocycles. The highest BCUT2D eigenvalue weighted by Gasteiger charge is 2.25. The van der Waals surface area contributed by atoms with Gasteiger partial charge in [-0.15, -0.1) is 0 Å². The molecule has 0 spiro atoms. The monoisotopic (exact) mass is 576 g/mol. The predicted octanol–water partition coefficient (Wildman–Crippen LogP) is 7.61. The summed E-state index contributed by atoms with van der Waals surface area (Å²) in [5.74, 6) is 2.72. The van der Waals surface area contributed by atoms with Crippen LogP contribution in [0.5, 0.6) is 23.0 Å². The van der Waals surface area contributed by atoms with Crippen LogP contribution in [0, 0.1) is 27.7 Å². The Bertz CT molecular complexity index is 1390. The fourth-order valence-corrected chi connectivity index (χ4v) is 6.25. The van der Waals surface area contributed by atoms with Gasteiger partial charge in [-0.05, 0) is 52.0 Å². The van der Waals surface area contributed by atoms with Crippen molar-refractivity contribution >= 4 is 22.7 Å². The number of benzene rings is 4. The highest BCUT2D eigenvalue weighted by molar-refractivity contribution is 7.76. The third-order valence-corrected chi connectivity index (χ3v) is 8.42. The lowest BCUT2D eigenvalue weighted by Gasteiger charge is -2.23. The van der Waals surface area contributed by atoms with Crippen molar-refractivity contribution in [3.05, 3.63) is 117 Å². The fraction of sp³-hybridized carbons (Fsp3) is 0.250. The van der Waals surface area contributed by atoms with Crippen LogP contribution in [0.3, 0.4) is 0 Å². The zero-order valence-electron chi connectivity index (χ0n) is 23.3. The SMILES string of the molecule is Cc1ccc2c(c1)C(C)c1cc(C)ccc1OS(=O)O2.Cc1ccc2c(c1)C(C)c1cc(C)ccc1OS(=O)O2. The van der Waals surface area contributed by atoms with Gasteiger partial charge in [0.05, 0.1) is 0 Å². The van der Waals surface area contributed by atoms with E-state index in [9.17, 15) is 8.42 Å². The highest BCUT2D eigenvalue weighted by Crippen LogP contribution is 2.41. The lowest BCUT2D eigenvalue weighted by atomic mass is 9.90. The van der Waals surface area contributed by atoms with Crippen LogP contribution in [0.4, 0.5) is 0 Å². The molecular weight excluding hydrogens is 544 g/mol. The van der Waals surface area contributed by atoms with Gasteiger partial charge in [0.1, 0.15) is 23.0 Å². The molecule has 2 aliphatic rings. The molecule has 0 aromatic heterocycles. The lowest BCUT2D eigenvalue weighted by molar-refractivity contribution is 0.446. The molecule has 40 heavy (non-hydrogen) atoms. The van der Waals surface area contributed by atoms with Gasteiger partial charge in [0.2, 0.25) is 0 Å². The Hall–Kier alpha value is -3.62. The van der Waals surface area contributed by atoms with Crippen LogP contribution in [-0.2, 0) is 22.7 Å². The van der Waals surface area contributed by atoms with Crippen LogP contribution in [-0.4, -0.2) is 8.42 Å². The molecule has 0 saturated carbocycles. The van der Waals surface area contributed by atoms with Crippen molar-refractivity contribution in [1.29, 1.82) is 0 Å². The Morgan fingerprint density at radius 1 is 0.450 bits per heavy atom. The second kappa shape index (κ2) is 11.5. The molecule has 4 aromatic rings. The molecule has 208 valence electrons. The van der Waals surface area contributed by atoms with Crippen LogP contribution >= 0.6 is 0 Å². The van der Waals surface area contributed by atoms with Gasteiger partial charge in [0.15, 0.2) is 0 Å². The minimum absolute atomic E-state index is 0.122. The van der Waals surface area contributed by atoms with E-state index in [1.807, 2.05) is 76.2 Å². The van der Waals surface area contributed by atoms with E-state index in [1.165, 1.54) is 0 Å². The molecular formula is C32H32O6S2. The maximum absolute atomic E-state index is 11.9. The van der Waals surface area contributed by atoms with E-state index in [-0.39, 0.29) is 11.8 Å². The Labute approximate surface area is 241 Å². The average Bonchev–Trinajstić information content (AvgIpc) is 2.91. The van der Waals surface area contributed by atoms with E-state index in [0.717, 1.165) is 44.5 Å². The number of aryl methyl sites for hydroxylation is 4. The summed E-state index contributed by atoms with van der Waals surface area (Å²) in [5, 5.41) is 0. The summed E-state index contributed by atoms with van der Waals surface area (Å²) in [4.78, 5) is 0. The average molecular weight is 577 g/mol. The van der Waals surface area contributed by atoms with Crippen LogP contribution in [0.15, 0.2) is 72.8 Å². The standard InChI is InChI=1S/2C16H16O3S/c2*1-10-4-6-15-13(8-10)12(3)14-9-11(2)5-7-16(14)19-20(17)18-15/h2*4-9,12H,1-3H3. The Kier molecular flexibility index (Phi) is 8.01. The molecule has 2 heterocycles. The maximum atomic E-state index is 11.9. The topological polar surface area (TPSA) is 71.1 Å². The van der Waals surface area contributed by atoms with E-state index in [1.54, 1.807) is 0 Å². The molecule has 8 heteroatoms. The van der Waals surface area contributed by atoms with Gasteiger partial charge >= 0.3 is 22.7 Å². The zero-order chi connectivity index (χ0) is 28.6. The molecule has 6 rings (SSSR count). The third-order valence-electron chi connectivity index (χ3n) is 7.16. The Balaban J connectivity index is 0.000000161. The minimum atomic E-state index is -1.82. The van der Waals surface area contributed by atoms with E-state index in [0.29, 0.717) is 23.0 Å². The van der Waals surface area contributed by atoms with Gasteiger partial charge in [0.25, 0.3) is 0 Å². The molecule has 0 unspecified atom stereocenters. The summed E-state index contributed by atoms with van der Waals surface area (Å²) in [7, 11) is 0. The van der Waals surface area contributed by atoms with Crippen LogP contribution in [0.2, 0.25) is 0 Å². The van der Waals surface area contributed by atoms with E-state index in [4.69, 9.17) is 16.7 Å². The van der Waals surface area contributed by atoms with Crippen molar-refractivity contribution in [3.63, 3.8) is 0 Å². The Morgan fingerprint density at radius 3 is 0.900 bits per heavy atom. The minimum Gasteiger partial charge on any atom is -0.371 e. The molecule has 0 N–H and O–H groups in total. The van der Waals surface area contributed by atoms with Crippen molar-refractivity contribution in [2.45, 2.75) is 53.4 Å². The highest BCUT2D eigenvalue weighted by atomic mass is 32.2. The largest absolute Gasteiger partial charge is 0.417 e. The van der Waals surface area contributed by atoms with Gasteiger partial charge in [-0.3, -0.25) is 0 Å². The van der Waals surface area contributed by atoms with Gasteiger partial charge < -0.3 is 16.7 Å². The van der Waals surface area contributed by atoms with Crippen LogP contribution in [0.25, 0.3) is 0 Å². The molecule has 0 aliphatic carbocycles. The fourth-order valence-electron chi connectivity index (χ4n) is 4.99. The summed E-state index contributed by atoms with van der Waals surface area (Å²) in [6.07, 6.45) is 0. The predicted molar refractivity (Wildman–Crippen MR) is 159 cm³/mol. The van der Waals surface area contributed by atoms with Crippen LogP contribution < -0.4 is 16.7 Å². The molecule has 0 atom stereocenters. The van der Waals surface area contributed by atoms with Crippen molar-refractivity contribution in [2.75, 3.05) is 0 Å². The quantitative estimate of drug-likeness (QED) is 0.215. The number of hydrogen-bond acceptors (Lipinski definition) is 6. The van der Waals surface area contributed by atoms with Crippen molar-refractivity contribution in [1.82, 2.24) is 0 Å². The summed E-state index contributed by atoms with van der Waals surface area (Å²) in [5.41, 5.74) is 8.76. The second-order valence-electron chi connectivity index (χ2n) is 10.4. The smallest absolute Gasteiger partial charge is 0.371 e. The van der Waals surface area contributed by atoms with E-state index in [2.05, 4.69) is 38.1 Å². The Morgan fingerprint density at radius 2 is 0.675 bits per heavy atom. The van der Waals surface area contributed by atoms with Gasteiger partial charge in [-0.1, -0.05) is 84.6 Å². The first kappa shape index (κ1) is 27.9. The van der Waals surface area contributed by atoms with Crippen molar-refractivity contribution in [3.8, 4) is 23.0 Å². The molecule has 0 fully saturated rings. The summed E-state index contributed by atoms with van der Waals surface area (Å²) in [6, 6.07) is 23.5. The van der Waals surface area contributed by atoms with Crippen LogP contribution in [0.1, 0.15) is 70.2 Å². The second-order valence-corrected chi connectivity index (χ2v) is 11.8. The molecule has 0 radical (unpaired) electrons. The maximum Gasteiger partial charge on any atom is 0.417 e. The van der Waals surface area contributed by atoms with Crippen molar-refractivity contribution in [2.24, 2.45) is 0 Å². The summed E-state index contributed by atoms with van der Waals surface area (Å²) >= 11 is -3.64. The van der Waals surface area contributed by atoms with Crippen molar-refractivity contribution < 1.29 is 25.2 Å². The molecule has 0 bridgehead atoms.